The molecule has 0 saturated carbocycles. The monoisotopic (exact) mass is 393 g/mol. The zero-order valence-electron chi connectivity index (χ0n) is 15.0. The number of hydrogen-bond donors (Lipinski definition) is 1. The molecule has 7 heteroatoms. The number of amides is 3. The molecular weight excluding hydrogens is 378 g/mol. The van der Waals surface area contributed by atoms with Crippen molar-refractivity contribution in [3.05, 3.63) is 64.8 Å². The largest absolute Gasteiger partial charge is 0.321 e. The standard InChI is InChI=1S/C21H16ClN3O3/c1-12-16(22)7-6-15-17(10-11-23-20(12)15)24-21(28)13-2-4-14(5-3-13)25-18(26)8-9-19(25)27/h2-7,10-11H,8-9H2,1H3,(H,23,24,28). The van der Waals surface area contributed by atoms with Gasteiger partial charge in [-0.25, -0.2) is 0 Å². The number of imide groups is 1. The van der Waals surface area contributed by atoms with Crippen molar-refractivity contribution in [3.63, 3.8) is 0 Å². The SMILES string of the molecule is Cc1c(Cl)ccc2c(NC(=O)c3ccc(N4C(=O)CCC4=O)cc3)ccnc12. The van der Waals surface area contributed by atoms with Crippen LogP contribution in [0, 0.1) is 6.92 Å². The first kappa shape index (κ1) is 18.1. The van der Waals surface area contributed by atoms with Gasteiger partial charge in [-0.15, -0.1) is 0 Å². The van der Waals surface area contributed by atoms with Crippen LogP contribution in [0.5, 0.6) is 0 Å². The number of halogens is 1. The van der Waals surface area contributed by atoms with Gasteiger partial charge in [-0.3, -0.25) is 24.3 Å². The van der Waals surface area contributed by atoms with Crippen LogP contribution in [0.4, 0.5) is 11.4 Å². The highest BCUT2D eigenvalue weighted by Crippen LogP contribution is 2.29. The summed E-state index contributed by atoms with van der Waals surface area (Å²) in [5.41, 5.74) is 3.09. The van der Waals surface area contributed by atoms with Gasteiger partial charge in [-0.2, -0.15) is 0 Å². The summed E-state index contributed by atoms with van der Waals surface area (Å²) in [5.74, 6) is -0.746. The van der Waals surface area contributed by atoms with Crippen molar-refractivity contribution in [1.82, 2.24) is 4.98 Å². The smallest absolute Gasteiger partial charge is 0.255 e. The van der Waals surface area contributed by atoms with Crippen molar-refractivity contribution in [3.8, 4) is 0 Å². The summed E-state index contributed by atoms with van der Waals surface area (Å²) >= 11 is 6.15. The van der Waals surface area contributed by atoms with E-state index in [0.29, 0.717) is 22.0 Å². The number of rotatable bonds is 3. The number of pyridine rings is 1. The summed E-state index contributed by atoms with van der Waals surface area (Å²) in [5, 5.41) is 4.29. The minimum atomic E-state index is -0.300. The summed E-state index contributed by atoms with van der Waals surface area (Å²) < 4.78 is 0. The molecule has 1 fully saturated rings. The molecule has 28 heavy (non-hydrogen) atoms. The number of aryl methyl sites for hydroxylation is 1. The Bertz CT molecular complexity index is 1110. The molecule has 0 spiro atoms. The predicted octanol–water partition coefficient (Wildman–Crippen LogP) is 4.10. The van der Waals surface area contributed by atoms with E-state index >= 15 is 0 Å². The number of anilines is 2. The number of nitrogens with zero attached hydrogens (tertiary/aromatic N) is 2. The van der Waals surface area contributed by atoms with E-state index in [0.717, 1.165) is 21.4 Å². The summed E-state index contributed by atoms with van der Waals surface area (Å²) in [6.45, 7) is 1.88. The summed E-state index contributed by atoms with van der Waals surface area (Å²) in [4.78, 5) is 41.8. The maximum atomic E-state index is 12.7. The molecule has 140 valence electrons. The Balaban J connectivity index is 1.59. The zero-order chi connectivity index (χ0) is 19.8. The Labute approximate surface area is 166 Å². The molecule has 1 saturated heterocycles. The normalized spacial score (nSPS) is 14.0. The molecule has 1 aromatic heterocycles. The first-order valence-corrected chi connectivity index (χ1v) is 9.14. The number of aromatic nitrogens is 1. The predicted molar refractivity (Wildman–Crippen MR) is 108 cm³/mol. The number of nitrogens with one attached hydrogen (secondary N) is 1. The highest BCUT2D eigenvalue weighted by Gasteiger charge is 2.30. The number of hydrogen-bond acceptors (Lipinski definition) is 4. The molecule has 2 heterocycles. The second-order valence-corrected chi connectivity index (χ2v) is 6.96. The average Bonchev–Trinajstić information content (AvgIpc) is 3.03. The third-order valence-electron chi connectivity index (χ3n) is 4.79. The summed E-state index contributed by atoms with van der Waals surface area (Å²) in [6.07, 6.45) is 2.06. The van der Waals surface area contributed by atoms with Gasteiger partial charge in [-0.05, 0) is 55.0 Å². The maximum Gasteiger partial charge on any atom is 0.255 e. The molecule has 1 N–H and O–H groups in total. The topological polar surface area (TPSA) is 79.4 Å². The van der Waals surface area contributed by atoms with Crippen LogP contribution in [0.2, 0.25) is 5.02 Å². The molecular formula is C21H16ClN3O3. The quantitative estimate of drug-likeness (QED) is 0.679. The van der Waals surface area contributed by atoms with Gasteiger partial charge in [0.1, 0.15) is 0 Å². The van der Waals surface area contributed by atoms with Gasteiger partial charge >= 0.3 is 0 Å². The van der Waals surface area contributed by atoms with Crippen LogP contribution in [0.15, 0.2) is 48.7 Å². The molecule has 0 radical (unpaired) electrons. The lowest BCUT2D eigenvalue weighted by molar-refractivity contribution is -0.121. The number of fused-ring (bicyclic) bond motifs is 1. The second-order valence-electron chi connectivity index (χ2n) is 6.55. The lowest BCUT2D eigenvalue weighted by atomic mass is 10.1. The van der Waals surface area contributed by atoms with Crippen LogP contribution >= 0.6 is 11.6 Å². The molecule has 0 aliphatic carbocycles. The maximum absolute atomic E-state index is 12.7. The molecule has 0 bridgehead atoms. The third kappa shape index (κ3) is 3.12. The van der Waals surface area contributed by atoms with E-state index in [4.69, 9.17) is 11.6 Å². The average molecular weight is 394 g/mol. The van der Waals surface area contributed by atoms with E-state index in [-0.39, 0.29) is 30.6 Å². The molecule has 3 aromatic rings. The molecule has 1 aliphatic rings. The fourth-order valence-electron chi connectivity index (χ4n) is 3.27. The molecule has 4 rings (SSSR count). The van der Waals surface area contributed by atoms with E-state index in [2.05, 4.69) is 10.3 Å². The van der Waals surface area contributed by atoms with Crippen LogP contribution < -0.4 is 10.2 Å². The van der Waals surface area contributed by atoms with E-state index in [1.165, 1.54) is 0 Å². The van der Waals surface area contributed by atoms with Crippen molar-refractivity contribution in [2.75, 3.05) is 10.2 Å². The van der Waals surface area contributed by atoms with Gasteiger partial charge in [0.25, 0.3) is 5.91 Å². The Morgan fingerprint density at radius 1 is 1.04 bits per heavy atom. The fourth-order valence-corrected chi connectivity index (χ4v) is 3.42. The Kier molecular flexibility index (Phi) is 4.57. The van der Waals surface area contributed by atoms with Crippen LogP contribution in [0.1, 0.15) is 28.8 Å². The fraction of sp³-hybridized carbons (Fsp3) is 0.143. The van der Waals surface area contributed by atoms with Crippen LogP contribution in [0.25, 0.3) is 10.9 Å². The minimum Gasteiger partial charge on any atom is -0.321 e. The van der Waals surface area contributed by atoms with Crippen molar-refractivity contribution in [2.24, 2.45) is 0 Å². The lowest BCUT2D eigenvalue weighted by Gasteiger charge is -2.14. The molecule has 2 aromatic carbocycles. The zero-order valence-corrected chi connectivity index (χ0v) is 15.8. The van der Waals surface area contributed by atoms with Crippen molar-refractivity contribution >= 4 is 51.6 Å². The van der Waals surface area contributed by atoms with Gasteiger partial charge in [0.05, 0.1) is 16.9 Å². The van der Waals surface area contributed by atoms with Crippen LogP contribution in [-0.4, -0.2) is 22.7 Å². The molecule has 0 atom stereocenters. The van der Waals surface area contributed by atoms with E-state index < -0.39 is 0 Å². The van der Waals surface area contributed by atoms with Crippen molar-refractivity contribution in [2.45, 2.75) is 19.8 Å². The highest BCUT2D eigenvalue weighted by atomic mass is 35.5. The first-order valence-electron chi connectivity index (χ1n) is 8.77. The van der Waals surface area contributed by atoms with Crippen LogP contribution in [-0.2, 0) is 9.59 Å². The number of carbonyl (C=O) groups is 3. The number of benzene rings is 2. The molecule has 3 amide bonds. The molecule has 6 nitrogen and oxygen atoms in total. The molecule has 0 unspecified atom stereocenters. The first-order chi connectivity index (χ1) is 13.5. The summed E-state index contributed by atoms with van der Waals surface area (Å²) in [6, 6.07) is 11.7. The Hall–Kier alpha value is -3.25. The van der Waals surface area contributed by atoms with E-state index in [1.807, 2.05) is 13.0 Å². The van der Waals surface area contributed by atoms with Gasteiger partial charge < -0.3 is 5.32 Å². The molecule has 1 aliphatic heterocycles. The van der Waals surface area contributed by atoms with Crippen molar-refractivity contribution in [1.29, 1.82) is 0 Å². The highest BCUT2D eigenvalue weighted by molar-refractivity contribution is 6.32. The van der Waals surface area contributed by atoms with Gasteiger partial charge in [0.15, 0.2) is 0 Å². The second kappa shape index (κ2) is 7.05. The van der Waals surface area contributed by atoms with Gasteiger partial charge in [-0.1, -0.05) is 11.6 Å². The van der Waals surface area contributed by atoms with Crippen LogP contribution in [0.3, 0.4) is 0 Å². The van der Waals surface area contributed by atoms with E-state index in [1.54, 1.807) is 42.6 Å². The van der Waals surface area contributed by atoms with Crippen molar-refractivity contribution < 1.29 is 14.4 Å². The van der Waals surface area contributed by atoms with Gasteiger partial charge in [0, 0.05) is 35.0 Å². The summed E-state index contributed by atoms with van der Waals surface area (Å²) in [7, 11) is 0. The number of carbonyl (C=O) groups excluding carboxylic acids is 3. The third-order valence-corrected chi connectivity index (χ3v) is 5.20. The van der Waals surface area contributed by atoms with Gasteiger partial charge in [0.2, 0.25) is 11.8 Å². The van der Waals surface area contributed by atoms with E-state index in [9.17, 15) is 14.4 Å². The Morgan fingerprint density at radius 2 is 1.71 bits per heavy atom. The lowest BCUT2D eigenvalue weighted by Crippen LogP contribution is -2.28. The minimum absolute atomic E-state index is 0.222. The Morgan fingerprint density at radius 3 is 2.39 bits per heavy atom.